The van der Waals surface area contributed by atoms with Crippen molar-refractivity contribution in [3.05, 3.63) is 46.9 Å². The minimum Gasteiger partial charge on any atom is -0.496 e. The summed E-state index contributed by atoms with van der Waals surface area (Å²) in [6, 6.07) is 4.99. The number of rotatable bonds is 12. The number of nitrogens with zero attached hydrogens (tertiary/aromatic N) is 3. The number of likely N-dealkylation sites (tertiary alicyclic amines) is 1. The van der Waals surface area contributed by atoms with Crippen molar-refractivity contribution in [3.8, 4) is 5.75 Å². The molecule has 2 aromatic heterocycles. The summed E-state index contributed by atoms with van der Waals surface area (Å²) in [7, 11) is 1.66. The van der Waals surface area contributed by atoms with E-state index in [9.17, 15) is 4.79 Å². The zero-order valence-corrected chi connectivity index (χ0v) is 23.1. The highest BCUT2D eigenvalue weighted by Crippen LogP contribution is 2.45. The Morgan fingerprint density at radius 2 is 2.13 bits per heavy atom. The second-order valence-corrected chi connectivity index (χ2v) is 11.0. The van der Waals surface area contributed by atoms with Crippen molar-refractivity contribution in [3.63, 3.8) is 0 Å². The zero-order valence-electron chi connectivity index (χ0n) is 23.1. The number of alkyl halides is 2. The van der Waals surface area contributed by atoms with E-state index in [4.69, 9.17) is 14.5 Å². The summed E-state index contributed by atoms with van der Waals surface area (Å²) in [5, 5.41) is 3.33. The predicted octanol–water partition coefficient (Wildman–Crippen LogP) is 5.70. The Balaban J connectivity index is 1.19. The monoisotopic (exact) mass is 542 g/mol. The van der Waals surface area contributed by atoms with Crippen molar-refractivity contribution in [1.82, 2.24) is 14.9 Å². The Morgan fingerprint density at radius 1 is 1.28 bits per heavy atom. The summed E-state index contributed by atoms with van der Waals surface area (Å²) >= 11 is 0. The van der Waals surface area contributed by atoms with Gasteiger partial charge < -0.3 is 14.8 Å². The maximum atomic E-state index is 15.4. The van der Waals surface area contributed by atoms with Gasteiger partial charge in [0.05, 0.1) is 13.7 Å². The summed E-state index contributed by atoms with van der Waals surface area (Å²) in [6.45, 7) is 3.52. The summed E-state index contributed by atoms with van der Waals surface area (Å²) in [4.78, 5) is 24.2. The molecule has 0 amide bonds. The number of anilines is 1. The Bertz CT molecular complexity index is 1140. The Labute approximate surface area is 229 Å². The first-order valence-corrected chi connectivity index (χ1v) is 14.4. The zero-order chi connectivity index (χ0) is 27.4. The standard InChI is InChI=1S/C30H40F2N4O3/c1-3-39-29(37)27(24-10-7-15-33-26(24)20-11-12-20)36-17-13-21(19-36)30(31,32)14-5-4-8-22-18-25(38-2)23-9-6-16-34-28(23)35-22/h7,10,15,18,20-21,27H,3-6,8-9,11-14,16-17,19H2,1-2H3,(H,34,35). The summed E-state index contributed by atoms with van der Waals surface area (Å²) in [5.74, 6) is -1.93. The largest absolute Gasteiger partial charge is 0.496 e. The van der Waals surface area contributed by atoms with Gasteiger partial charge in [-0.25, -0.2) is 18.6 Å². The number of esters is 1. The molecular formula is C30H40F2N4O3. The van der Waals surface area contributed by atoms with E-state index in [1.54, 1.807) is 20.2 Å². The number of carbonyl (C=O) groups is 1. The smallest absolute Gasteiger partial charge is 0.328 e. The van der Waals surface area contributed by atoms with Crippen LogP contribution in [0.5, 0.6) is 5.75 Å². The van der Waals surface area contributed by atoms with Crippen molar-refractivity contribution in [2.75, 3.05) is 38.7 Å². The van der Waals surface area contributed by atoms with Crippen molar-refractivity contribution < 1.29 is 23.0 Å². The third-order valence-corrected chi connectivity index (χ3v) is 8.27. The van der Waals surface area contributed by atoms with E-state index in [-0.39, 0.29) is 25.5 Å². The molecule has 212 valence electrons. The van der Waals surface area contributed by atoms with Gasteiger partial charge in [-0.3, -0.25) is 9.88 Å². The van der Waals surface area contributed by atoms with Gasteiger partial charge in [-0.05, 0) is 70.9 Å². The highest BCUT2D eigenvalue weighted by molar-refractivity contribution is 5.78. The molecule has 0 radical (unpaired) electrons. The second-order valence-electron chi connectivity index (χ2n) is 11.0. The molecule has 2 atom stereocenters. The van der Waals surface area contributed by atoms with Crippen LogP contribution in [-0.4, -0.2) is 60.1 Å². The number of hydrogen-bond donors (Lipinski definition) is 1. The number of pyridine rings is 2. The molecule has 4 heterocycles. The maximum absolute atomic E-state index is 15.4. The number of hydrogen-bond acceptors (Lipinski definition) is 7. The molecule has 7 nitrogen and oxygen atoms in total. The molecule has 1 N–H and O–H groups in total. The van der Waals surface area contributed by atoms with Crippen molar-refractivity contribution in [1.29, 1.82) is 0 Å². The molecule has 2 aliphatic heterocycles. The maximum Gasteiger partial charge on any atom is 0.328 e. The van der Waals surface area contributed by atoms with E-state index >= 15 is 8.78 Å². The number of fused-ring (bicyclic) bond motifs is 1. The first-order chi connectivity index (χ1) is 18.9. The van der Waals surface area contributed by atoms with Crippen LogP contribution in [0.25, 0.3) is 0 Å². The minimum atomic E-state index is -2.80. The van der Waals surface area contributed by atoms with Gasteiger partial charge in [0, 0.05) is 66.1 Å². The molecule has 3 aliphatic rings. The van der Waals surface area contributed by atoms with Crippen LogP contribution in [0.3, 0.4) is 0 Å². The number of aryl methyl sites for hydroxylation is 1. The lowest BCUT2D eigenvalue weighted by Gasteiger charge is -2.29. The van der Waals surface area contributed by atoms with Crippen LogP contribution in [0, 0.1) is 5.92 Å². The molecule has 1 aliphatic carbocycles. The van der Waals surface area contributed by atoms with Gasteiger partial charge in [-0.2, -0.15) is 0 Å². The molecule has 2 aromatic rings. The Morgan fingerprint density at radius 3 is 2.90 bits per heavy atom. The van der Waals surface area contributed by atoms with E-state index in [1.165, 1.54) is 0 Å². The fourth-order valence-electron chi connectivity index (χ4n) is 6.06. The topological polar surface area (TPSA) is 76.6 Å². The average molecular weight is 543 g/mol. The molecule has 1 saturated heterocycles. The molecule has 0 spiro atoms. The van der Waals surface area contributed by atoms with E-state index < -0.39 is 17.9 Å². The van der Waals surface area contributed by atoms with E-state index in [1.807, 2.05) is 23.1 Å². The molecule has 0 bridgehead atoms. The van der Waals surface area contributed by atoms with Gasteiger partial charge in [-0.1, -0.05) is 6.07 Å². The van der Waals surface area contributed by atoms with Gasteiger partial charge >= 0.3 is 5.97 Å². The van der Waals surface area contributed by atoms with Gasteiger partial charge in [-0.15, -0.1) is 0 Å². The number of aromatic nitrogens is 2. The number of halogens is 2. The SMILES string of the molecule is CCOC(=O)C(c1cccnc1C1CC1)N1CCC(C(F)(F)CCCCc2cc(OC)c3c(n2)NCCC3)C1. The molecule has 2 fully saturated rings. The lowest BCUT2D eigenvalue weighted by atomic mass is 9.94. The molecule has 1 saturated carbocycles. The van der Waals surface area contributed by atoms with Crippen LogP contribution in [-0.2, 0) is 22.4 Å². The molecule has 5 rings (SSSR count). The highest BCUT2D eigenvalue weighted by Gasteiger charge is 2.46. The fraction of sp³-hybridized carbons (Fsp3) is 0.633. The summed E-state index contributed by atoms with van der Waals surface area (Å²) < 4.78 is 41.8. The van der Waals surface area contributed by atoms with Gasteiger partial charge in [0.2, 0.25) is 0 Å². The number of nitrogens with one attached hydrogen (secondary N) is 1. The second kappa shape index (κ2) is 12.1. The van der Waals surface area contributed by atoms with E-state index in [2.05, 4.69) is 10.3 Å². The average Bonchev–Trinajstić information content (AvgIpc) is 3.67. The molecule has 0 aromatic carbocycles. The van der Waals surface area contributed by atoms with Gasteiger partial charge in [0.25, 0.3) is 5.92 Å². The third-order valence-electron chi connectivity index (χ3n) is 8.27. The minimum absolute atomic E-state index is 0.171. The summed E-state index contributed by atoms with van der Waals surface area (Å²) in [5.41, 5.74) is 3.69. The number of methoxy groups -OCH3 is 1. The number of ether oxygens (including phenoxy) is 2. The first kappa shape index (κ1) is 27.7. The van der Waals surface area contributed by atoms with E-state index in [0.29, 0.717) is 38.1 Å². The quantitative estimate of drug-likeness (QED) is 0.273. The van der Waals surface area contributed by atoms with E-state index in [0.717, 1.165) is 66.3 Å². The van der Waals surface area contributed by atoms with Crippen LogP contribution in [0.1, 0.15) is 86.3 Å². The van der Waals surface area contributed by atoms with Crippen LogP contribution in [0.4, 0.5) is 14.6 Å². The lowest BCUT2D eigenvalue weighted by Crippen LogP contribution is -2.37. The van der Waals surface area contributed by atoms with Gasteiger partial charge in [0.15, 0.2) is 0 Å². The van der Waals surface area contributed by atoms with Crippen molar-refractivity contribution >= 4 is 11.8 Å². The van der Waals surface area contributed by atoms with Crippen molar-refractivity contribution in [2.24, 2.45) is 5.92 Å². The normalized spacial score (nSPS) is 20.3. The third kappa shape index (κ3) is 6.34. The molecule has 9 heteroatoms. The molecular weight excluding hydrogens is 502 g/mol. The highest BCUT2D eigenvalue weighted by atomic mass is 19.3. The fourth-order valence-corrected chi connectivity index (χ4v) is 6.06. The molecule has 39 heavy (non-hydrogen) atoms. The van der Waals surface area contributed by atoms with Crippen LogP contribution < -0.4 is 10.1 Å². The van der Waals surface area contributed by atoms with Crippen LogP contribution >= 0.6 is 0 Å². The Hall–Kier alpha value is -2.81. The van der Waals surface area contributed by atoms with Crippen LogP contribution in [0.15, 0.2) is 24.4 Å². The Kier molecular flexibility index (Phi) is 8.64. The number of unbranched alkanes of at least 4 members (excludes halogenated alkanes) is 1. The summed E-state index contributed by atoms with van der Waals surface area (Å²) in [6.07, 6.45) is 7.68. The van der Waals surface area contributed by atoms with Gasteiger partial charge in [0.1, 0.15) is 17.6 Å². The van der Waals surface area contributed by atoms with Crippen molar-refractivity contribution in [2.45, 2.75) is 82.6 Å². The molecule has 2 unspecified atom stereocenters. The predicted molar refractivity (Wildman–Crippen MR) is 145 cm³/mol. The number of carbonyl (C=O) groups excluding carboxylic acids is 1. The lowest BCUT2D eigenvalue weighted by molar-refractivity contribution is -0.150. The van der Waals surface area contributed by atoms with Crippen LogP contribution in [0.2, 0.25) is 0 Å². The first-order valence-electron chi connectivity index (χ1n) is 14.4.